The third-order valence-electron chi connectivity index (χ3n) is 6.82. The summed E-state index contributed by atoms with van der Waals surface area (Å²) in [6.45, 7) is 12.6. The maximum atomic E-state index is 11.3. The zero-order valence-corrected chi connectivity index (χ0v) is 23.5. The molecule has 0 saturated heterocycles. The van der Waals surface area contributed by atoms with Crippen LogP contribution in [-0.4, -0.2) is 52.2 Å². The fourth-order valence-electron chi connectivity index (χ4n) is 4.36. The number of ether oxygens (including phenoxy) is 1. The summed E-state index contributed by atoms with van der Waals surface area (Å²) in [7, 11) is 0. The predicted octanol–water partition coefficient (Wildman–Crippen LogP) is 6.19. The van der Waals surface area contributed by atoms with Gasteiger partial charge in [0.2, 0.25) is 11.8 Å². The molecule has 1 aromatic heterocycles. The van der Waals surface area contributed by atoms with Crippen LogP contribution in [0.2, 0.25) is 0 Å². The molecule has 2 aliphatic carbocycles. The fraction of sp³-hybridized carbons (Fsp3) is 0.607. The Labute approximate surface area is 227 Å². The molecule has 3 atom stereocenters. The molecule has 206 valence electrons. The number of aliphatic hydroxyl groups is 2. The summed E-state index contributed by atoms with van der Waals surface area (Å²) in [5.41, 5.74) is 2.03. The first-order chi connectivity index (χ1) is 17.4. The molecule has 0 amide bonds. The maximum absolute atomic E-state index is 11.3. The number of aromatic nitrogens is 2. The molecule has 9 heteroatoms. The fourth-order valence-corrected chi connectivity index (χ4v) is 4.36. The van der Waals surface area contributed by atoms with E-state index in [-0.39, 0.29) is 36.9 Å². The van der Waals surface area contributed by atoms with Gasteiger partial charge in [0.1, 0.15) is 11.6 Å². The molecule has 1 heterocycles. The van der Waals surface area contributed by atoms with Gasteiger partial charge in [-0.15, -0.1) is 12.4 Å². The molecule has 1 aromatic rings. The molecule has 2 aliphatic rings. The molecule has 0 aliphatic heterocycles. The lowest BCUT2D eigenvalue weighted by molar-refractivity contribution is 0.127. The molecule has 2 fully saturated rings. The van der Waals surface area contributed by atoms with Crippen molar-refractivity contribution < 1.29 is 14.9 Å². The molecule has 0 radical (unpaired) electrons. The molecule has 3 unspecified atom stereocenters. The van der Waals surface area contributed by atoms with Crippen molar-refractivity contribution in [3.8, 4) is 0 Å². The van der Waals surface area contributed by atoms with Crippen LogP contribution in [0.4, 0.5) is 11.8 Å². The summed E-state index contributed by atoms with van der Waals surface area (Å²) in [6, 6.07) is 0.185. The number of aryl methyl sites for hydroxylation is 1. The molecule has 3 rings (SSSR count). The van der Waals surface area contributed by atoms with Crippen molar-refractivity contribution >= 4 is 36.6 Å². The Morgan fingerprint density at radius 1 is 1.19 bits per heavy atom. The third kappa shape index (κ3) is 9.34. The van der Waals surface area contributed by atoms with E-state index in [1.54, 1.807) is 12.2 Å². The monoisotopic (exact) mass is 533 g/mol. The second kappa shape index (κ2) is 15.0. The van der Waals surface area contributed by atoms with E-state index in [0.717, 1.165) is 44.2 Å². The number of allylic oxidation sites excluding steroid dienone is 4. The van der Waals surface area contributed by atoms with Crippen molar-refractivity contribution in [1.82, 2.24) is 9.97 Å². The van der Waals surface area contributed by atoms with Crippen LogP contribution in [0.1, 0.15) is 77.0 Å². The second-order valence-corrected chi connectivity index (χ2v) is 10.0. The van der Waals surface area contributed by atoms with Crippen molar-refractivity contribution in [2.45, 2.75) is 84.8 Å². The smallest absolute Gasteiger partial charge is 0.224 e. The quantitative estimate of drug-likeness (QED) is 0.128. The highest BCUT2D eigenvalue weighted by atomic mass is 35.5. The first-order valence-corrected chi connectivity index (χ1v) is 13.3. The number of anilines is 2. The van der Waals surface area contributed by atoms with Crippen LogP contribution >= 0.6 is 12.4 Å². The number of nitrogens with zero attached hydrogens (tertiary/aromatic N) is 3. The van der Waals surface area contributed by atoms with Crippen molar-refractivity contribution in [1.29, 1.82) is 0 Å². The minimum absolute atomic E-state index is 0. The molecule has 2 saturated carbocycles. The molecule has 0 bridgehead atoms. The topological polar surface area (TPSA) is 112 Å². The summed E-state index contributed by atoms with van der Waals surface area (Å²) < 4.78 is 5.85. The van der Waals surface area contributed by atoms with Crippen LogP contribution in [0, 0.1) is 18.8 Å². The number of rotatable bonds is 14. The zero-order chi connectivity index (χ0) is 26.1. The Morgan fingerprint density at radius 3 is 2.51 bits per heavy atom. The van der Waals surface area contributed by atoms with Crippen LogP contribution in [-0.2, 0) is 4.74 Å². The number of nitrogens with one attached hydrogen (secondary N) is 2. The van der Waals surface area contributed by atoms with Crippen molar-refractivity contribution in [3.63, 3.8) is 0 Å². The van der Waals surface area contributed by atoms with Gasteiger partial charge < -0.3 is 25.6 Å². The molecule has 0 spiro atoms. The van der Waals surface area contributed by atoms with Crippen LogP contribution < -0.4 is 10.6 Å². The largest absolute Gasteiger partial charge is 0.507 e. The van der Waals surface area contributed by atoms with E-state index in [1.807, 2.05) is 33.8 Å². The number of halogens is 1. The first kappa shape index (κ1) is 30.6. The molecule has 4 N–H and O–H groups in total. The van der Waals surface area contributed by atoms with Crippen molar-refractivity contribution in [2.24, 2.45) is 16.8 Å². The number of hydrogen-bond donors (Lipinski definition) is 4. The Balaban J connectivity index is 0.00000481. The average Bonchev–Trinajstić information content (AvgIpc) is 3.58. The average molecular weight is 534 g/mol. The summed E-state index contributed by atoms with van der Waals surface area (Å²) in [6.07, 6.45) is 12.4. The van der Waals surface area contributed by atoms with Gasteiger partial charge >= 0.3 is 0 Å². The SMILES string of the molecule is C=N\C(=C/C(=C\CC)/C=C(\O)c1c(C)nc(NCC2CC2)nc1NC1CCC(CO)C1)OC(C)CC.Cl. The van der Waals surface area contributed by atoms with Gasteiger partial charge in [-0.2, -0.15) is 4.98 Å². The van der Waals surface area contributed by atoms with E-state index in [2.05, 4.69) is 27.3 Å². The number of aliphatic imine (C=N–C) groups is 1. The zero-order valence-electron chi connectivity index (χ0n) is 22.7. The van der Waals surface area contributed by atoms with Crippen LogP contribution in [0.15, 0.2) is 34.7 Å². The molecule has 8 nitrogen and oxygen atoms in total. The highest BCUT2D eigenvalue weighted by molar-refractivity contribution is 5.85. The highest BCUT2D eigenvalue weighted by Gasteiger charge is 2.27. The summed E-state index contributed by atoms with van der Waals surface area (Å²) in [5, 5.41) is 27.8. The second-order valence-electron chi connectivity index (χ2n) is 10.0. The predicted molar refractivity (Wildman–Crippen MR) is 155 cm³/mol. The van der Waals surface area contributed by atoms with Gasteiger partial charge in [-0.1, -0.05) is 19.9 Å². The lowest BCUT2D eigenvalue weighted by atomic mass is 10.1. The Morgan fingerprint density at radius 2 is 1.92 bits per heavy atom. The molecule has 37 heavy (non-hydrogen) atoms. The number of aliphatic hydroxyl groups excluding tert-OH is 2. The highest BCUT2D eigenvalue weighted by Crippen LogP contribution is 2.33. The van der Waals surface area contributed by atoms with Gasteiger partial charge in [0.05, 0.1) is 17.4 Å². The standard InChI is InChI=1S/C28H43N5O3.ClH/c1-6-8-21(15-25(29-5)36-18(3)7-2)14-24(35)26-19(4)31-28(30-16-20-9-10-20)33-27(26)32-23-12-11-22(13-23)17-34;/h8,14-15,18,20,22-23,34-35H,5-7,9-13,16-17H2,1-4H3,(H2,30,31,32,33);1H/b21-8-,24-14-,25-15+;. The van der Waals surface area contributed by atoms with E-state index in [4.69, 9.17) is 9.72 Å². The van der Waals surface area contributed by atoms with Crippen molar-refractivity contribution in [2.75, 3.05) is 23.8 Å². The molecular formula is C28H44ClN5O3. The maximum Gasteiger partial charge on any atom is 0.224 e. The van der Waals surface area contributed by atoms with E-state index in [1.165, 1.54) is 12.8 Å². The number of hydrogen-bond acceptors (Lipinski definition) is 8. The van der Waals surface area contributed by atoms with Gasteiger partial charge in [0.25, 0.3) is 0 Å². The van der Waals surface area contributed by atoms with Gasteiger partial charge in [-0.05, 0) is 89.0 Å². The minimum atomic E-state index is 0. The Kier molecular flexibility index (Phi) is 12.4. The molecular weight excluding hydrogens is 490 g/mol. The summed E-state index contributed by atoms with van der Waals surface area (Å²) in [4.78, 5) is 13.4. The Bertz CT molecular complexity index is 990. The van der Waals surface area contributed by atoms with E-state index >= 15 is 0 Å². The van der Waals surface area contributed by atoms with E-state index in [9.17, 15) is 10.2 Å². The lowest BCUT2D eigenvalue weighted by Crippen LogP contribution is -2.20. The lowest BCUT2D eigenvalue weighted by Gasteiger charge is -2.19. The first-order valence-electron chi connectivity index (χ1n) is 13.3. The summed E-state index contributed by atoms with van der Waals surface area (Å²) >= 11 is 0. The van der Waals surface area contributed by atoms with Crippen LogP contribution in [0.5, 0.6) is 0 Å². The van der Waals surface area contributed by atoms with E-state index in [0.29, 0.717) is 40.7 Å². The summed E-state index contributed by atoms with van der Waals surface area (Å²) in [5.74, 6) is 2.65. The third-order valence-corrected chi connectivity index (χ3v) is 6.82. The van der Waals surface area contributed by atoms with Gasteiger partial charge in [0.15, 0.2) is 0 Å². The van der Waals surface area contributed by atoms with Gasteiger partial charge in [0, 0.05) is 25.3 Å². The normalized spacial score (nSPS) is 21.3. The van der Waals surface area contributed by atoms with Gasteiger partial charge in [-0.25, -0.2) is 9.98 Å². The van der Waals surface area contributed by atoms with Crippen LogP contribution in [0.3, 0.4) is 0 Å². The minimum Gasteiger partial charge on any atom is -0.507 e. The molecule has 0 aromatic carbocycles. The van der Waals surface area contributed by atoms with Crippen molar-refractivity contribution in [3.05, 3.63) is 40.9 Å². The van der Waals surface area contributed by atoms with E-state index < -0.39 is 0 Å². The Hall–Kier alpha value is -2.58. The van der Waals surface area contributed by atoms with Gasteiger partial charge in [-0.3, -0.25) is 0 Å². The van der Waals surface area contributed by atoms with Crippen LogP contribution in [0.25, 0.3) is 5.76 Å².